The smallest absolute Gasteiger partial charge is 0.344 e. The number of hydrogen-bond donors (Lipinski definition) is 0. The lowest BCUT2D eigenvalue weighted by atomic mass is 10.1. The van der Waals surface area contributed by atoms with Crippen molar-refractivity contribution < 1.29 is 22.1 Å². The number of halogens is 1. The zero-order valence-electron chi connectivity index (χ0n) is 16.1. The van der Waals surface area contributed by atoms with Gasteiger partial charge in [0.2, 0.25) is 5.82 Å². The highest BCUT2D eigenvalue weighted by atomic mass is 32.2. The molecule has 8 nitrogen and oxygen atoms in total. The maximum atomic E-state index is 14.0. The second-order valence-electron chi connectivity index (χ2n) is 6.50. The van der Waals surface area contributed by atoms with Crippen LogP contribution in [0.2, 0.25) is 0 Å². The summed E-state index contributed by atoms with van der Waals surface area (Å²) >= 11 is 0. The second-order valence-corrected chi connectivity index (χ2v) is 8.05. The Morgan fingerprint density at radius 1 is 1.17 bits per heavy atom. The molecule has 0 atom stereocenters. The van der Waals surface area contributed by atoms with Gasteiger partial charge in [-0.2, -0.15) is 13.4 Å². The highest BCUT2D eigenvalue weighted by Gasteiger charge is 2.28. The normalized spacial score (nSPS) is 15.5. The molecule has 2 aromatic carbocycles. The van der Waals surface area contributed by atoms with Crippen molar-refractivity contribution in [1.82, 2.24) is 14.4 Å². The molecule has 1 aliphatic rings. The van der Waals surface area contributed by atoms with Crippen molar-refractivity contribution in [3.8, 4) is 17.1 Å². The van der Waals surface area contributed by atoms with Crippen LogP contribution in [-0.4, -0.2) is 35.7 Å². The molecule has 0 saturated carbocycles. The summed E-state index contributed by atoms with van der Waals surface area (Å²) in [7, 11) is -2.63. The maximum absolute atomic E-state index is 14.0. The number of rotatable bonds is 5. The minimum atomic E-state index is -3.98. The predicted octanol–water partition coefficient (Wildman–Crippen LogP) is 3.45. The van der Waals surface area contributed by atoms with Crippen LogP contribution in [0.3, 0.4) is 0 Å². The summed E-state index contributed by atoms with van der Waals surface area (Å²) in [5, 5.41) is 3.96. The Morgan fingerprint density at radius 3 is 2.63 bits per heavy atom. The van der Waals surface area contributed by atoms with Crippen LogP contribution in [0.1, 0.15) is 18.4 Å². The van der Waals surface area contributed by atoms with Crippen molar-refractivity contribution in [1.29, 1.82) is 0 Å². The van der Waals surface area contributed by atoms with E-state index in [0.717, 1.165) is 9.87 Å². The van der Waals surface area contributed by atoms with Gasteiger partial charge in [-0.15, -0.1) is 4.40 Å². The van der Waals surface area contributed by atoms with Crippen LogP contribution >= 0.6 is 0 Å². The molecule has 0 spiro atoms. The van der Waals surface area contributed by atoms with Crippen LogP contribution in [0.15, 0.2) is 63.7 Å². The molecule has 0 radical (unpaired) electrons. The monoisotopic (exact) mass is 428 g/mol. The number of nitrogens with zero attached hydrogens (tertiary/aromatic N) is 4. The van der Waals surface area contributed by atoms with Gasteiger partial charge in [-0.1, -0.05) is 41.6 Å². The van der Waals surface area contributed by atoms with Gasteiger partial charge in [-0.25, -0.2) is 4.39 Å². The molecule has 1 aromatic heterocycles. The number of methoxy groups -OCH3 is 1. The van der Waals surface area contributed by atoms with Crippen molar-refractivity contribution in [3.63, 3.8) is 0 Å². The molecule has 0 saturated heterocycles. The van der Waals surface area contributed by atoms with Crippen LogP contribution < -0.4 is 4.74 Å². The Morgan fingerprint density at radius 2 is 1.93 bits per heavy atom. The highest BCUT2D eigenvalue weighted by molar-refractivity contribution is 7.88. The van der Waals surface area contributed by atoms with Crippen molar-refractivity contribution in [3.05, 3.63) is 72.0 Å². The maximum Gasteiger partial charge on any atom is 0.344 e. The molecular formula is C20H17FN4O4S. The molecule has 0 amide bonds. The summed E-state index contributed by atoms with van der Waals surface area (Å²) in [6.45, 7) is 1.42. The van der Waals surface area contributed by atoms with Crippen LogP contribution in [0.4, 0.5) is 4.39 Å². The Bertz CT molecular complexity index is 1250. The van der Waals surface area contributed by atoms with E-state index < -0.39 is 16.0 Å². The molecule has 0 aliphatic carbocycles. The number of benzene rings is 2. The molecule has 3 aromatic rings. The van der Waals surface area contributed by atoms with Crippen LogP contribution in [0, 0.1) is 5.82 Å². The minimum absolute atomic E-state index is 0.0737. The summed E-state index contributed by atoms with van der Waals surface area (Å²) in [6, 6.07) is 13.5. The molecule has 30 heavy (non-hydrogen) atoms. The number of allylic oxidation sites excluding steroid dienone is 1. The largest absolute Gasteiger partial charge is 0.494 e. The predicted molar refractivity (Wildman–Crippen MR) is 108 cm³/mol. The third-order valence-electron chi connectivity index (χ3n) is 4.45. The van der Waals surface area contributed by atoms with E-state index in [9.17, 15) is 12.8 Å². The highest BCUT2D eigenvalue weighted by Crippen LogP contribution is 2.27. The number of aromatic nitrogens is 2. The van der Waals surface area contributed by atoms with Crippen molar-refractivity contribution in [2.45, 2.75) is 13.5 Å². The van der Waals surface area contributed by atoms with Gasteiger partial charge in [0.1, 0.15) is 0 Å². The van der Waals surface area contributed by atoms with Gasteiger partial charge in [-0.3, -0.25) is 4.31 Å². The molecular weight excluding hydrogens is 411 g/mol. The van der Waals surface area contributed by atoms with Crippen molar-refractivity contribution in [2.24, 2.45) is 4.40 Å². The van der Waals surface area contributed by atoms with E-state index >= 15 is 0 Å². The van der Waals surface area contributed by atoms with Gasteiger partial charge < -0.3 is 9.26 Å². The van der Waals surface area contributed by atoms with E-state index in [2.05, 4.69) is 14.5 Å². The van der Waals surface area contributed by atoms with Crippen LogP contribution in [0.5, 0.6) is 5.75 Å². The molecule has 0 unspecified atom stereocenters. The Hall–Kier alpha value is -3.53. The summed E-state index contributed by atoms with van der Waals surface area (Å²) in [5.41, 5.74) is 1.78. The molecule has 4 rings (SSSR count). The lowest BCUT2D eigenvalue weighted by molar-refractivity contribution is 0.385. The quantitative estimate of drug-likeness (QED) is 0.617. The number of ether oxygens (including phenoxy) is 1. The average Bonchev–Trinajstić information content (AvgIpc) is 3.20. The van der Waals surface area contributed by atoms with Gasteiger partial charge in [-0.05, 0) is 24.6 Å². The van der Waals surface area contributed by atoms with E-state index in [0.29, 0.717) is 17.0 Å². The minimum Gasteiger partial charge on any atom is -0.494 e. The van der Waals surface area contributed by atoms with Gasteiger partial charge in [0.25, 0.3) is 5.89 Å². The summed E-state index contributed by atoms with van der Waals surface area (Å²) in [6.07, 6.45) is 1.36. The van der Waals surface area contributed by atoms with E-state index in [1.807, 2.05) is 30.3 Å². The zero-order chi connectivity index (χ0) is 21.3. The van der Waals surface area contributed by atoms with Gasteiger partial charge in [0.15, 0.2) is 11.6 Å². The first-order valence-electron chi connectivity index (χ1n) is 8.90. The van der Waals surface area contributed by atoms with Crippen LogP contribution in [-0.2, 0) is 16.8 Å². The van der Waals surface area contributed by atoms with Gasteiger partial charge in [0.05, 0.1) is 24.9 Å². The SMILES string of the molecule is COc1ccc(CN2C=C(c3nc(-c4ccccc4)no3)C(C)=NS2(=O)=O)cc1F. The lowest BCUT2D eigenvalue weighted by Gasteiger charge is -2.23. The standard InChI is InChI=1S/C20H17FN4O4S/c1-13-16(20-22-19(23-29-20)15-6-4-3-5-7-15)12-25(30(26,27)24-13)11-14-8-9-18(28-2)17(21)10-14/h3-10,12H,11H2,1-2H3. The van der Waals surface area contributed by atoms with Crippen LogP contribution in [0.25, 0.3) is 17.0 Å². The fourth-order valence-electron chi connectivity index (χ4n) is 2.94. The fraction of sp³-hybridized carbons (Fsp3) is 0.150. The first-order valence-corrected chi connectivity index (χ1v) is 10.3. The van der Waals surface area contributed by atoms with Gasteiger partial charge in [0, 0.05) is 11.8 Å². The Balaban J connectivity index is 1.67. The van der Waals surface area contributed by atoms with E-state index in [1.54, 1.807) is 13.0 Å². The van der Waals surface area contributed by atoms with E-state index in [1.165, 1.54) is 25.4 Å². The van der Waals surface area contributed by atoms with E-state index in [4.69, 9.17) is 9.26 Å². The first-order chi connectivity index (χ1) is 14.4. The summed E-state index contributed by atoms with van der Waals surface area (Å²) in [4.78, 5) is 4.36. The molecule has 1 aliphatic heterocycles. The average molecular weight is 428 g/mol. The number of hydrogen-bond acceptors (Lipinski definition) is 6. The molecule has 10 heteroatoms. The lowest BCUT2D eigenvalue weighted by Crippen LogP contribution is -2.29. The Labute approximate surface area is 172 Å². The van der Waals surface area contributed by atoms with Gasteiger partial charge >= 0.3 is 10.2 Å². The molecule has 0 N–H and O–H groups in total. The van der Waals surface area contributed by atoms with E-state index in [-0.39, 0.29) is 23.9 Å². The molecule has 0 fully saturated rings. The Kier molecular flexibility index (Phi) is 5.08. The molecule has 2 heterocycles. The molecule has 0 bridgehead atoms. The summed E-state index contributed by atoms with van der Waals surface area (Å²) in [5.74, 6) is -0.00485. The van der Waals surface area contributed by atoms with Crippen molar-refractivity contribution >= 4 is 21.5 Å². The zero-order valence-corrected chi connectivity index (χ0v) is 16.9. The van der Waals surface area contributed by atoms with Crippen molar-refractivity contribution in [2.75, 3.05) is 7.11 Å². The fourth-order valence-corrected chi connectivity index (χ4v) is 4.04. The topological polar surface area (TPSA) is 97.9 Å². The first kappa shape index (κ1) is 19.8. The third kappa shape index (κ3) is 3.81. The summed E-state index contributed by atoms with van der Waals surface area (Å²) < 4.78 is 54.0. The third-order valence-corrected chi connectivity index (χ3v) is 5.79. The molecule has 154 valence electrons. The second kappa shape index (κ2) is 7.71.